The van der Waals surface area contributed by atoms with Crippen molar-refractivity contribution >= 4 is 22.1 Å². The zero-order chi connectivity index (χ0) is 38.5. The lowest BCUT2D eigenvalue weighted by atomic mass is 10.1. The highest BCUT2D eigenvalue weighted by atomic mass is 16.5. The summed E-state index contributed by atoms with van der Waals surface area (Å²) < 4.78 is 14.2. The molecule has 0 bridgehead atoms. The Hall–Kier alpha value is -5.32. The van der Waals surface area contributed by atoms with Crippen molar-refractivity contribution in [3.8, 4) is 11.5 Å². The molecule has 0 spiro atoms. The molecule has 10 heteroatoms. The maximum atomic E-state index is 13.2. The zero-order valence-electron chi connectivity index (χ0n) is 32.6. The summed E-state index contributed by atoms with van der Waals surface area (Å²) in [6.07, 6.45) is 1.03. The van der Waals surface area contributed by atoms with Gasteiger partial charge < -0.3 is 28.4 Å². The average molecular weight is 731 g/mol. The first kappa shape index (κ1) is 39.9. The van der Waals surface area contributed by atoms with Crippen LogP contribution in [0.3, 0.4) is 0 Å². The number of hydrogen-bond donors (Lipinski definition) is 0. The fourth-order valence-corrected chi connectivity index (χ4v) is 6.60. The molecule has 0 saturated carbocycles. The Labute approximate surface area is 318 Å². The standard InChI is InChI=1S/2C22H27N3O2/c2*1-4-24(5-2)14-15-25-21-9-7-6-8-19(21)23-20(22(25)26)16-17-10-12-18(27-3)13-11-17/h2*6-13H,4-5,14-16H2,1-3H3. The van der Waals surface area contributed by atoms with Crippen molar-refractivity contribution < 1.29 is 9.47 Å². The molecule has 54 heavy (non-hydrogen) atoms. The van der Waals surface area contributed by atoms with E-state index in [2.05, 4.69) is 47.5 Å². The number of para-hydroxylation sites is 4. The van der Waals surface area contributed by atoms with Crippen molar-refractivity contribution in [2.75, 3.05) is 53.5 Å². The van der Waals surface area contributed by atoms with Gasteiger partial charge in [0.2, 0.25) is 0 Å². The Bertz CT molecular complexity index is 2050. The third-order valence-corrected chi connectivity index (χ3v) is 9.97. The van der Waals surface area contributed by atoms with Gasteiger partial charge in [-0.25, -0.2) is 9.97 Å². The van der Waals surface area contributed by atoms with Crippen LogP contribution in [-0.2, 0) is 25.9 Å². The van der Waals surface area contributed by atoms with Gasteiger partial charge >= 0.3 is 0 Å². The van der Waals surface area contributed by atoms with Crippen LogP contribution in [0, 0.1) is 0 Å². The van der Waals surface area contributed by atoms with Crippen LogP contribution >= 0.6 is 0 Å². The van der Waals surface area contributed by atoms with Crippen LogP contribution in [0.4, 0.5) is 0 Å². The van der Waals surface area contributed by atoms with E-state index in [4.69, 9.17) is 9.47 Å². The van der Waals surface area contributed by atoms with E-state index in [9.17, 15) is 9.59 Å². The number of hydrogen-bond acceptors (Lipinski definition) is 8. The molecule has 10 nitrogen and oxygen atoms in total. The number of rotatable bonds is 16. The highest BCUT2D eigenvalue weighted by molar-refractivity contribution is 5.75. The molecular weight excluding hydrogens is 677 g/mol. The van der Waals surface area contributed by atoms with Crippen LogP contribution in [0.5, 0.6) is 11.5 Å². The van der Waals surface area contributed by atoms with Gasteiger partial charge in [0.15, 0.2) is 0 Å². The maximum absolute atomic E-state index is 13.2. The predicted molar refractivity (Wildman–Crippen MR) is 219 cm³/mol. The van der Waals surface area contributed by atoms with E-state index in [1.165, 1.54) is 0 Å². The van der Waals surface area contributed by atoms with E-state index >= 15 is 0 Å². The van der Waals surface area contributed by atoms with Gasteiger partial charge in [-0.15, -0.1) is 0 Å². The lowest BCUT2D eigenvalue weighted by Gasteiger charge is -2.20. The average Bonchev–Trinajstić information content (AvgIpc) is 3.21. The SMILES string of the molecule is CCN(CC)CCn1c(=O)c(Cc2ccc(OC)cc2)nc2ccccc21.CCN(CC)CCn1c(=O)c(Cc2ccc(OC)cc2)nc2ccccc21. The van der Waals surface area contributed by atoms with Gasteiger partial charge in [-0.1, -0.05) is 76.2 Å². The van der Waals surface area contributed by atoms with Crippen molar-refractivity contribution in [2.45, 2.75) is 53.6 Å². The molecule has 2 aromatic heterocycles. The number of methoxy groups -OCH3 is 2. The summed E-state index contributed by atoms with van der Waals surface area (Å²) in [5, 5.41) is 0. The number of benzene rings is 4. The van der Waals surface area contributed by atoms with Crippen LogP contribution in [-0.4, -0.2) is 82.4 Å². The summed E-state index contributed by atoms with van der Waals surface area (Å²) in [6, 6.07) is 31.3. The number of likely N-dealkylation sites (N-methyl/N-ethyl adjacent to an activating group) is 2. The molecule has 0 unspecified atom stereocenters. The van der Waals surface area contributed by atoms with E-state index in [0.29, 0.717) is 37.3 Å². The fourth-order valence-electron chi connectivity index (χ4n) is 6.60. The first-order valence-corrected chi connectivity index (χ1v) is 19.0. The van der Waals surface area contributed by atoms with Gasteiger partial charge in [0.25, 0.3) is 11.1 Å². The lowest BCUT2D eigenvalue weighted by Crippen LogP contribution is -2.33. The van der Waals surface area contributed by atoms with Gasteiger partial charge in [-0.2, -0.15) is 0 Å². The monoisotopic (exact) mass is 730 g/mol. The quantitative estimate of drug-likeness (QED) is 0.109. The fraction of sp³-hybridized carbons (Fsp3) is 0.364. The number of fused-ring (bicyclic) bond motifs is 2. The van der Waals surface area contributed by atoms with E-state index < -0.39 is 0 Å². The van der Waals surface area contributed by atoms with Gasteiger partial charge in [0.1, 0.15) is 22.9 Å². The van der Waals surface area contributed by atoms with Gasteiger partial charge in [-0.3, -0.25) is 9.59 Å². The molecular formula is C44H54N6O4. The highest BCUT2D eigenvalue weighted by Crippen LogP contribution is 2.17. The van der Waals surface area contributed by atoms with E-state index in [1.54, 1.807) is 14.2 Å². The minimum atomic E-state index is -0.00308. The molecule has 0 aliphatic carbocycles. The molecule has 0 aliphatic rings. The zero-order valence-corrected chi connectivity index (χ0v) is 32.6. The van der Waals surface area contributed by atoms with Crippen LogP contribution in [0.25, 0.3) is 22.1 Å². The van der Waals surface area contributed by atoms with Crippen molar-refractivity contribution in [2.24, 2.45) is 0 Å². The topological polar surface area (TPSA) is 94.7 Å². The second-order valence-electron chi connectivity index (χ2n) is 13.1. The molecule has 284 valence electrons. The van der Waals surface area contributed by atoms with Crippen molar-refractivity contribution in [1.82, 2.24) is 28.9 Å². The molecule has 4 aromatic carbocycles. The normalized spacial score (nSPS) is 11.3. The van der Waals surface area contributed by atoms with Crippen LogP contribution in [0.2, 0.25) is 0 Å². The molecule has 0 N–H and O–H groups in total. The van der Waals surface area contributed by atoms with Gasteiger partial charge in [0.05, 0.1) is 36.3 Å². The van der Waals surface area contributed by atoms with E-state index in [1.807, 2.05) is 106 Å². The molecule has 0 atom stereocenters. The Morgan fingerprint density at radius 1 is 0.519 bits per heavy atom. The minimum Gasteiger partial charge on any atom is -0.497 e. The summed E-state index contributed by atoms with van der Waals surface area (Å²) in [5.74, 6) is 1.61. The highest BCUT2D eigenvalue weighted by Gasteiger charge is 2.14. The van der Waals surface area contributed by atoms with Gasteiger partial charge in [-0.05, 0) is 85.8 Å². The molecule has 0 amide bonds. The van der Waals surface area contributed by atoms with E-state index in [-0.39, 0.29) is 11.1 Å². The minimum absolute atomic E-state index is 0.00308. The third-order valence-electron chi connectivity index (χ3n) is 9.97. The number of nitrogens with zero attached hydrogens (tertiary/aromatic N) is 6. The van der Waals surface area contributed by atoms with Crippen molar-refractivity contribution in [3.63, 3.8) is 0 Å². The Morgan fingerprint density at radius 2 is 0.870 bits per heavy atom. The summed E-state index contributed by atoms with van der Waals surface area (Å²) in [6.45, 7) is 15.5. The molecule has 6 rings (SSSR count). The molecule has 0 radical (unpaired) electrons. The summed E-state index contributed by atoms with van der Waals surface area (Å²) in [4.78, 5) is 40.3. The lowest BCUT2D eigenvalue weighted by molar-refractivity contribution is 0.290. The third kappa shape index (κ3) is 10.0. The van der Waals surface area contributed by atoms with Crippen molar-refractivity contribution in [3.05, 3.63) is 140 Å². The molecule has 2 heterocycles. The van der Waals surface area contributed by atoms with Crippen LogP contribution in [0.1, 0.15) is 50.2 Å². The molecule has 6 aromatic rings. The largest absolute Gasteiger partial charge is 0.497 e. The molecule has 0 fully saturated rings. The second-order valence-corrected chi connectivity index (χ2v) is 13.1. The Morgan fingerprint density at radius 3 is 1.20 bits per heavy atom. The number of ether oxygens (including phenoxy) is 2. The molecule has 0 saturated heterocycles. The first-order valence-electron chi connectivity index (χ1n) is 19.0. The van der Waals surface area contributed by atoms with Crippen LogP contribution in [0.15, 0.2) is 107 Å². The Kier molecular flexibility index (Phi) is 14.5. The van der Waals surface area contributed by atoms with Gasteiger partial charge in [0, 0.05) is 39.0 Å². The summed E-state index contributed by atoms with van der Waals surface area (Å²) in [7, 11) is 3.29. The predicted octanol–water partition coefficient (Wildman–Crippen LogP) is 6.68. The maximum Gasteiger partial charge on any atom is 0.273 e. The Balaban J connectivity index is 0.000000208. The summed E-state index contributed by atoms with van der Waals surface area (Å²) >= 11 is 0. The number of aromatic nitrogens is 4. The molecule has 0 aliphatic heterocycles. The first-order chi connectivity index (χ1) is 26.3. The smallest absolute Gasteiger partial charge is 0.273 e. The summed E-state index contributed by atoms with van der Waals surface area (Å²) in [5.41, 5.74) is 6.77. The van der Waals surface area contributed by atoms with Crippen LogP contribution < -0.4 is 20.6 Å². The van der Waals surface area contributed by atoms with E-state index in [0.717, 1.165) is 84.0 Å². The second kappa shape index (κ2) is 19.7. The van der Waals surface area contributed by atoms with Crippen molar-refractivity contribution in [1.29, 1.82) is 0 Å².